The van der Waals surface area contributed by atoms with E-state index in [1.54, 1.807) is 13.8 Å². The summed E-state index contributed by atoms with van der Waals surface area (Å²) in [6.07, 6.45) is 0. The summed E-state index contributed by atoms with van der Waals surface area (Å²) in [5.41, 5.74) is 10.2. The van der Waals surface area contributed by atoms with Crippen LogP contribution in [0.1, 0.15) is 13.8 Å². The number of nitrogens with two attached hydrogens (primary N) is 2. The number of hydrogen-bond donors (Lipinski definition) is 3. The van der Waals surface area contributed by atoms with E-state index < -0.39 is 16.4 Å². The quantitative estimate of drug-likeness (QED) is 0.407. The molecule has 0 aliphatic carbocycles. The Morgan fingerprint density at radius 2 is 2.00 bits per heavy atom. The van der Waals surface area contributed by atoms with Gasteiger partial charge in [-0.3, -0.25) is 14.9 Å². The van der Waals surface area contributed by atoms with Crippen LogP contribution in [0.5, 0.6) is 0 Å². The SMILES string of the molecule is CC(C)(Nc1cc(N)cc([N+](=O)[O-])c1)C(N)=O. The number of amides is 1. The minimum absolute atomic E-state index is 0.146. The molecule has 0 spiro atoms. The molecule has 0 aliphatic heterocycles. The van der Waals surface area contributed by atoms with Crippen LogP contribution < -0.4 is 16.8 Å². The van der Waals surface area contributed by atoms with Crippen molar-refractivity contribution in [3.8, 4) is 0 Å². The van der Waals surface area contributed by atoms with Gasteiger partial charge in [0.25, 0.3) is 5.69 Å². The lowest BCUT2D eigenvalue weighted by atomic mass is 10.0. The van der Waals surface area contributed by atoms with Crippen LogP contribution in [0.2, 0.25) is 0 Å². The molecule has 5 N–H and O–H groups in total. The fraction of sp³-hybridized carbons (Fsp3) is 0.300. The monoisotopic (exact) mass is 238 g/mol. The van der Waals surface area contributed by atoms with Gasteiger partial charge in [-0.2, -0.15) is 0 Å². The van der Waals surface area contributed by atoms with E-state index in [4.69, 9.17) is 11.5 Å². The first-order valence-electron chi connectivity index (χ1n) is 4.85. The molecule has 1 aromatic rings. The van der Waals surface area contributed by atoms with Gasteiger partial charge in [0.05, 0.1) is 4.92 Å². The molecule has 17 heavy (non-hydrogen) atoms. The summed E-state index contributed by atoms with van der Waals surface area (Å²) >= 11 is 0. The minimum atomic E-state index is -1.01. The number of benzene rings is 1. The zero-order valence-corrected chi connectivity index (χ0v) is 9.56. The Kier molecular flexibility index (Phi) is 3.21. The zero-order valence-electron chi connectivity index (χ0n) is 9.56. The van der Waals surface area contributed by atoms with Gasteiger partial charge >= 0.3 is 0 Å². The Morgan fingerprint density at radius 1 is 1.41 bits per heavy atom. The van der Waals surface area contributed by atoms with Gasteiger partial charge in [-0.25, -0.2) is 0 Å². The van der Waals surface area contributed by atoms with Crippen LogP contribution in [0.3, 0.4) is 0 Å². The van der Waals surface area contributed by atoms with Gasteiger partial charge < -0.3 is 16.8 Å². The number of carbonyl (C=O) groups is 1. The first-order valence-corrected chi connectivity index (χ1v) is 4.85. The van der Waals surface area contributed by atoms with Crippen molar-refractivity contribution >= 4 is 23.0 Å². The third kappa shape index (κ3) is 3.07. The molecule has 0 radical (unpaired) electrons. The average molecular weight is 238 g/mol. The molecule has 0 fully saturated rings. The van der Waals surface area contributed by atoms with Crippen LogP contribution in [0.25, 0.3) is 0 Å². The number of nitrogens with zero attached hydrogens (tertiary/aromatic N) is 1. The van der Waals surface area contributed by atoms with E-state index in [1.807, 2.05) is 0 Å². The molecule has 1 rings (SSSR count). The van der Waals surface area contributed by atoms with Gasteiger partial charge in [0.2, 0.25) is 5.91 Å². The molecular weight excluding hydrogens is 224 g/mol. The largest absolute Gasteiger partial charge is 0.398 e. The summed E-state index contributed by atoms with van der Waals surface area (Å²) in [5, 5.41) is 13.4. The van der Waals surface area contributed by atoms with Crippen LogP contribution >= 0.6 is 0 Å². The third-order valence-corrected chi connectivity index (χ3v) is 2.22. The Hall–Kier alpha value is -2.31. The lowest BCUT2D eigenvalue weighted by Gasteiger charge is -2.23. The van der Waals surface area contributed by atoms with Crippen LogP contribution in [-0.2, 0) is 4.79 Å². The van der Waals surface area contributed by atoms with Gasteiger partial charge in [0, 0.05) is 23.5 Å². The predicted molar refractivity (Wildman–Crippen MR) is 64.4 cm³/mol. The maximum absolute atomic E-state index is 11.1. The molecule has 92 valence electrons. The zero-order chi connectivity index (χ0) is 13.2. The summed E-state index contributed by atoms with van der Waals surface area (Å²) < 4.78 is 0. The van der Waals surface area contributed by atoms with E-state index >= 15 is 0 Å². The predicted octanol–water partition coefficient (Wildman–Crippen LogP) is 0.853. The van der Waals surface area contributed by atoms with Gasteiger partial charge in [-0.05, 0) is 19.9 Å². The van der Waals surface area contributed by atoms with E-state index in [2.05, 4.69) is 5.32 Å². The third-order valence-electron chi connectivity index (χ3n) is 2.22. The van der Waals surface area contributed by atoms with Crippen molar-refractivity contribution in [3.05, 3.63) is 28.3 Å². The highest BCUT2D eigenvalue weighted by molar-refractivity contribution is 5.87. The Labute approximate surface area is 97.9 Å². The number of nitrogen functional groups attached to an aromatic ring is 1. The Morgan fingerprint density at radius 3 is 2.47 bits per heavy atom. The molecule has 7 nitrogen and oxygen atoms in total. The lowest BCUT2D eigenvalue weighted by molar-refractivity contribution is -0.384. The van der Waals surface area contributed by atoms with Crippen molar-refractivity contribution in [2.24, 2.45) is 5.73 Å². The Balaban J connectivity index is 3.07. The van der Waals surface area contributed by atoms with Gasteiger partial charge in [-0.1, -0.05) is 0 Å². The standard InChI is InChI=1S/C10H14N4O3/c1-10(2,9(12)15)13-7-3-6(11)4-8(5-7)14(16)17/h3-5,13H,11H2,1-2H3,(H2,12,15). The molecule has 0 aliphatic rings. The molecule has 0 aromatic heterocycles. The Bertz CT molecular complexity index is 471. The van der Waals surface area contributed by atoms with E-state index in [0.717, 1.165) is 0 Å². The summed E-state index contributed by atoms with van der Waals surface area (Å²) in [5.74, 6) is -0.567. The highest BCUT2D eigenvalue weighted by atomic mass is 16.6. The fourth-order valence-corrected chi connectivity index (χ4v) is 1.23. The second-order valence-electron chi connectivity index (χ2n) is 4.18. The first-order chi connectivity index (χ1) is 7.72. The fourth-order valence-electron chi connectivity index (χ4n) is 1.23. The molecule has 0 atom stereocenters. The van der Waals surface area contributed by atoms with Crippen LogP contribution in [0.15, 0.2) is 18.2 Å². The molecule has 0 saturated heterocycles. The van der Waals surface area contributed by atoms with Crippen molar-refractivity contribution in [3.63, 3.8) is 0 Å². The molecule has 0 heterocycles. The molecule has 1 aromatic carbocycles. The summed E-state index contributed by atoms with van der Waals surface area (Å²) in [4.78, 5) is 21.2. The number of carbonyl (C=O) groups excluding carboxylic acids is 1. The van der Waals surface area contributed by atoms with Crippen molar-refractivity contribution < 1.29 is 9.72 Å². The molecule has 1 amide bonds. The maximum Gasteiger partial charge on any atom is 0.273 e. The number of non-ortho nitro benzene ring substituents is 1. The highest BCUT2D eigenvalue weighted by Crippen LogP contribution is 2.24. The van der Waals surface area contributed by atoms with Crippen molar-refractivity contribution in [1.82, 2.24) is 0 Å². The number of rotatable bonds is 4. The molecule has 0 saturated carbocycles. The minimum Gasteiger partial charge on any atom is -0.398 e. The molecule has 0 bridgehead atoms. The number of primary amides is 1. The first kappa shape index (κ1) is 12.8. The van der Waals surface area contributed by atoms with Gasteiger partial charge in [-0.15, -0.1) is 0 Å². The number of nitro benzene ring substituents is 1. The normalized spacial score (nSPS) is 10.9. The summed E-state index contributed by atoms with van der Waals surface area (Å²) in [6, 6.07) is 4.03. The molecule has 0 unspecified atom stereocenters. The maximum atomic E-state index is 11.1. The number of anilines is 2. The van der Waals surface area contributed by atoms with Crippen LogP contribution in [-0.4, -0.2) is 16.4 Å². The van der Waals surface area contributed by atoms with E-state index in [1.165, 1.54) is 18.2 Å². The van der Waals surface area contributed by atoms with Gasteiger partial charge in [0.15, 0.2) is 0 Å². The van der Waals surface area contributed by atoms with E-state index in [9.17, 15) is 14.9 Å². The molecule has 7 heteroatoms. The lowest BCUT2D eigenvalue weighted by Crippen LogP contribution is -2.45. The summed E-state index contributed by atoms with van der Waals surface area (Å²) in [6.45, 7) is 3.15. The molecular formula is C10H14N4O3. The van der Waals surface area contributed by atoms with Crippen molar-refractivity contribution in [2.45, 2.75) is 19.4 Å². The van der Waals surface area contributed by atoms with Crippen molar-refractivity contribution in [1.29, 1.82) is 0 Å². The van der Waals surface area contributed by atoms with Crippen LogP contribution in [0, 0.1) is 10.1 Å². The van der Waals surface area contributed by atoms with Gasteiger partial charge in [0.1, 0.15) is 5.54 Å². The highest BCUT2D eigenvalue weighted by Gasteiger charge is 2.25. The van der Waals surface area contributed by atoms with Crippen LogP contribution in [0.4, 0.5) is 17.1 Å². The number of hydrogen-bond acceptors (Lipinski definition) is 5. The van der Waals surface area contributed by atoms with E-state index in [0.29, 0.717) is 5.69 Å². The number of nitro groups is 1. The number of nitrogens with one attached hydrogen (secondary N) is 1. The average Bonchev–Trinajstić information content (AvgIpc) is 2.15. The smallest absolute Gasteiger partial charge is 0.273 e. The second-order valence-corrected chi connectivity index (χ2v) is 4.18. The van der Waals surface area contributed by atoms with Crippen molar-refractivity contribution in [2.75, 3.05) is 11.1 Å². The van der Waals surface area contributed by atoms with E-state index in [-0.39, 0.29) is 11.4 Å². The second kappa shape index (κ2) is 4.28. The summed E-state index contributed by atoms with van der Waals surface area (Å²) in [7, 11) is 0. The topological polar surface area (TPSA) is 124 Å².